The molecule has 1 aliphatic heterocycles. The van der Waals surface area contributed by atoms with E-state index in [-0.39, 0.29) is 19.1 Å². The van der Waals surface area contributed by atoms with Gasteiger partial charge in [0.2, 0.25) is 0 Å². The first-order valence-corrected chi connectivity index (χ1v) is 6.95. The first kappa shape index (κ1) is 15.5. The summed E-state index contributed by atoms with van der Waals surface area (Å²) in [5.74, 6) is -0.280. The Morgan fingerprint density at radius 1 is 1.42 bits per heavy atom. The third kappa shape index (κ3) is 4.93. The summed E-state index contributed by atoms with van der Waals surface area (Å²) in [5.41, 5.74) is 0. The average molecular weight is 268 g/mol. The smallest absolute Gasteiger partial charge is 0.323 e. The molecule has 0 bridgehead atoms. The molecule has 0 spiro atoms. The summed E-state index contributed by atoms with van der Waals surface area (Å²) < 4.78 is 0. The first-order valence-electron chi connectivity index (χ1n) is 6.95. The number of aliphatic carboxylic acids is 1. The molecule has 19 heavy (non-hydrogen) atoms. The molecule has 1 heterocycles. The molecule has 5 heteroatoms. The average Bonchev–Trinajstić information content (AvgIpc) is 2.38. The van der Waals surface area contributed by atoms with Crippen molar-refractivity contribution in [3.05, 3.63) is 12.7 Å². The van der Waals surface area contributed by atoms with E-state index in [0.717, 1.165) is 25.9 Å². The number of nitrogens with zero attached hydrogens (tertiary/aromatic N) is 2. The normalized spacial score (nSPS) is 16.2. The highest BCUT2D eigenvalue weighted by Gasteiger charge is 2.26. The van der Waals surface area contributed by atoms with Gasteiger partial charge in [-0.1, -0.05) is 25.8 Å². The standard InChI is InChI=1S/C14H24N2O3/c1-3-5-12-6-9-15(10-7-12)14(19)16(8-4-2)11-13(17)18/h4,12H,2-3,5-11H2,1H3,(H,17,18). The van der Waals surface area contributed by atoms with Gasteiger partial charge in [0.1, 0.15) is 6.54 Å². The zero-order valence-electron chi connectivity index (χ0n) is 11.7. The molecule has 1 aliphatic rings. The highest BCUT2D eigenvalue weighted by atomic mass is 16.4. The maximum Gasteiger partial charge on any atom is 0.323 e. The lowest BCUT2D eigenvalue weighted by Crippen LogP contribution is -2.48. The lowest BCUT2D eigenvalue weighted by Gasteiger charge is -2.35. The van der Waals surface area contributed by atoms with Crippen molar-refractivity contribution < 1.29 is 14.7 Å². The lowest BCUT2D eigenvalue weighted by molar-refractivity contribution is -0.137. The Kier molecular flexibility index (Phi) is 6.39. The third-order valence-corrected chi connectivity index (χ3v) is 3.53. The summed E-state index contributed by atoms with van der Waals surface area (Å²) >= 11 is 0. The Morgan fingerprint density at radius 2 is 2.05 bits per heavy atom. The number of hydrogen-bond acceptors (Lipinski definition) is 2. The molecule has 108 valence electrons. The predicted octanol–water partition coefficient (Wildman–Crippen LogP) is 2.19. The largest absolute Gasteiger partial charge is 0.480 e. The fourth-order valence-corrected chi connectivity index (χ4v) is 2.55. The van der Waals surface area contributed by atoms with Crippen molar-refractivity contribution in [3.63, 3.8) is 0 Å². The van der Waals surface area contributed by atoms with Gasteiger partial charge in [-0.3, -0.25) is 4.79 Å². The van der Waals surface area contributed by atoms with Crippen molar-refractivity contribution >= 4 is 12.0 Å². The summed E-state index contributed by atoms with van der Waals surface area (Å²) in [6.07, 6.45) is 6.00. The number of carbonyl (C=O) groups excluding carboxylic acids is 1. The third-order valence-electron chi connectivity index (χ3n) is 3.53. The number of carbonyl (C=O) groups is 2. The van der Waals surface area contributed by atoms with Gasteiger partial charge in [0.15, 0.2) is 0 Å². The van der Waals surface area contributed by atoms with Gasteiger partial charge in [0.25, 0.3) is 0 Å². The van der Waals surface area contributed by atoms with Gasteiger partial charge in [-0.2, -0.15) is 0 Å². The molecular weight excluding hydrogens is 244 g/mol. The summed E-state index contributed by atoms with van der Waals surface area (Å²) in [7, 11) is 0. The molecule has 0 aliphatic carbocycles. The van der Waals surface area contributed by atoms with Crippen LogP contribution in [0.5, 0.6) is 0 Å². The zero-order valence-corrected chi connectivity index (χ0v) is 11.7. The van der Waals surface area contributed by atoms with Crippen molar-refractivity contribution in [2.45, 2.75) is 32.6 Å². The lowest BCUT2D eigenvalue weighted by atomic mass is 9.93. The summed E-state index contributed by atoms with van der Waals surface area (Å²) in [6.45, 7) is 7.22. The van der Waals surface area contributed by atoms with Crippen molar-refractivity contribution in [1.29, 1.82) is 0 Å². The Balaban J connectivity index is 2.51. The SMILES string of the molecule is C=CCN(CC(=O)O)C(=O)N1CCC(CCC)CC1. The zero-order chi connectivity index (χ0) is 14.3. The van der Waals surface area contributed by atoms with Gasteiger partial charge in [-0.15, -0.1) is 6.58 Å². The van der Waals surface area contributed by atoms with E-state index in [4.69, 9.17) is 5.11 Å². The predicted molar refractivity (Wildman–Crippen MR) is 74.0 cm³/mol. The van der Waals surface area contributed by atoms with E-state index in [1.807, 2.05) is 0 Å². The van der Waals surface area contributed by atoms with Crippen LogP contribution in [0.3, 0.4) is 0 Å². The van der Waals surface area contributed by atoms with E-state index in [2.05, 4.69) is 13.5 Å². The number of hydrogen-bond donors (Lipinski definition) is 1. The van der Waals surface area contributed by atoms with Crippen LogP contribution in [0.15, 0.2) is 12.7 Å². The Hall–Kier alpha value is -1.52. The maximum atomic E-state index is 12.2. The summed E-state index contributed by atoms with van der Waals surface area (Å²) in [6, 6.07) is -0.183. The molecule has 0 unspecified atom stereocenters. The van der Waals surface area contributed by atoms with Crippen LogP contribution < -0.4 is 0 Å². The molecule has 2 amide bonds. The molecule has 1 fully saturated rings. The van der Waals surface area contributed by atoms with Crippen LogP contribution in [0.2, 0.25) is 0 Å². The van der Waals surface area contributed by atoms with E-state index in [1.54, 1.807) is 11.0 Å². The maximum absolute atomic E-state index is 12.2. The molecule has 1 N–H and O–H groups in total. The minimum Gasteiger partial charge on any atom is -0.480 e. The highest BCUT2D eigenvalue weighted by molar-refractivity contribution is 5.80. The number of amides is 2. The fraction of sp³-hybridized carbons (Fsp3) is 0.714. The van der Waals surface area contributed by atoms with Crippen LogP contribution in [0.4, 0.5) is 4.79 Å². The van der Waals surface area contributed by atoms with Crippen LogP contribution >= 0.6 is 0 Å². The number of urea groups is 1. The van der Waals surface area contributed by atoms with Crippen LogP contribution in [-0.4, -0.2) is 53.1 Å². The van der Waals surface area contributed by atoms with Gasteiger partial charge < -0.3 is 14.9 Å². The van der Waals surface area contributed by atoms with Gasteiger partial charge in [0.05, 0.1) is 0 Å². The van der Waals surface area contributed by atoms with Crippen molar-refractivity contribution in [3.8, 4) is 0 Å². The van der Waals surface area contributed by atoms with Crippen LogP contribution in [-0.2, 0) is 4.79 Å². The van der Waals surface area contributed by atoms with Crippen LogP contribution in [0.1, 0.15) is 32.6 Å². The minimum atomic E-state index is -0.990. The Labute approximate surface area is 114 Å². The molecule has 5 nitrogen and oxygen atoms in total. The molecule has 0 aromatic heterocycles. The van der Waals surface area contributed by atoms with E-state index in [9.17, 15) is 9.59 Å². The molecule has 1 rings (SSSR count). The van der Waals surface area contributed by atoms with Crippen molar-refractivity contribution in [2.75, 3.05) is 26.2 Å². The van der Waals surface area contributed by atoms with Gasteiger partial charge in [-0.05, 0) is 18.8 Å². The second-order valence-corrected chi connectivity index (χ2v) is 5.06. The number of carboxylic acid groups (broad SMARTS) is 1. The summed E-state index contributed by atoms with van der Waals surface area (Å²) in [5, 5.41) is 8.82. The van der Waals surface area contributed by atoms with Crippen LogP contribution in [0, 0.1) is 5.92 Å². The molecule has 0 saturated carbocycles. The number of piperidine rings is 1. The number of likely N-dealkylation sites (tertiary alicyclic amines) is 1. The molecule has 0 radical (unpaired) electrons. The van der Waals surface area contributed by atoms with E-state index in [0.29, 0.717) is 5.92 Å². The van der Waals surface area contributed by atoms with Gasteiger partial charge in [-0.25, -0.2) is 4.79 Å². The molecule has 0 atom stereocenters. The second kappa shape index (κ2) is 7.81. The molecular formula is C14H24N2O3. The van der Waals surface area contributed by atoms with Crippen LogP contribution in [0.25, 0.3) is 0 Å². The molecule has 0 aromatic rings. The quantitative estimate of drug-likeness (QED) is 0.751. The monoisotopic (exact) mass is 268 g/mol. The van der Waals surface area contributed by atoms with E-state index < -0.39 is 5.97 Å². The van der Waals surface area contributed by atoms with E-state index in [1.165, 1.54) is 17.7 Å². The topological polar surface area (TPSA) is 60.9 Å². The van der Waals surface area contributed by atoms with Gasteiger partial charge in [0, 0.05) is 19.6 Å². The Morgan fingerprint density at radius 3 is 2.53 bits per heavy atom. The number of rotatable bonds is 6. The van der Waals surface area contributed by atoms with Crippen molar-refractivity contribution in [2.24, 2.45) is 5.92 Å². The summed E-state index contributed by atoms with van der Waals surface area (Å²) in [4.78, 5) is 26.1. The fourth-order valence-electron chi connectivity index (χ4n) is 2.55. The van der Waals surface area contributed by atoms with E-state index >= 15 is 0 Å². The second-order valence-electron chi connectivity index (χ2n) is 5.06. The first-order chi connectivity index (χ1) is 9.08. The molecule has 1 saturated heterocycles. The molecule has 0 aromatic carbocycles. The Bertz CT molecular complexity index is 323. The van der Waals surface area contributed by atoms with Crippen molar-refractivity contribution in [1.82, 2.24) is 9.80 Å². The number of carboxylic acids is 1. The highest BCUT2D eigenvalue weighted by Crippen LogP contribution is 2.22. The minimum absolute atomic E-state index is 0.183. The van der Waals surface area contributed by atoms with Gasteiger partial charge >= 0.3 is 12.0 Å².